The Hall–Kier alpha value is -2.44. The van der Waals surface area contributed by atoms with E-state index in [1.54, 1.807) is 12.4 Å². The van der Waals surface area contributed by atoms with Gasteiger partial charge < -0.3 is 0 Å². The van der Waals surface area contributed by atoms with Crippen LogP contribution in [0.5, 0.6) is 0 Å². The lowest BCUT2D eigenvalue weighted by Gasteiger charge is -2.02. The molecule has 100 valence electrons. The Kier molecular flexibility index (Phi) is 3.46. The molecule has 0 atom stereocenters. The SMILES string of the molecule is CCn1ccn(Cc2ccc([N+](=O)[O-])c(F)c2)c1=O. The highest BCUT2D eigenvalue weighted by atomic mass is 19.1. The van der Waals surface area contributed by atoms with Crippen LogP contribution in [0.3, 0.4) is 0 Å². The summed E-state index contributed by atoms with van der Waals surface area (Å²) in [6.07, 6.45) is 3.25. The summed E-state index contributed by atoms with van der Waals surface area (Å²) in [6.45, 7) is 2.58. The molecule has 0 unspecified atom stereocenters. The average Bonchev–Trinajstić information content (AvgIpc) is 2.70. The van der Waals surface area contributed by atoms with Crippen LogP contribution in [0.25, 0.3) is 0 Å². The minimum atomic E-state index is -0.898. The van der Waals surface area contributed by atoms with Gasteiger partial charge in [-0.3, -0.25) is 19.2 Å². The number of imidazole rings is 1. The van der Waals surface area contributed by atoms with E-state index >= 15 is 0 Å². The zero-order valence-electron chi connectivity index (χ0n) is 10.2. The fourth-order valence-corrected chi connectivity index (χ4v) is 1.81. The first-order chi connectivity index (χ1) is 9.02. The second kappa shape index (κ2) is 5.05. The van der Waals surface area contributed by atoms with Crippen molar-refractivity contribution in [1.82, 2.24) is 9.13 Å². The predicted octanol–water partition coefficient (Wildman–Crippen LogP) is 1.77. The highest BCUT2D eigenvalue weighted by Gasteiger charge is 2.14. The molecule has 0 N–H and O–H groups in total. The highest BCUT2D eigenvalue weighted by Crippen LogP contribution is 2.18. The van der Waals surface area contributed by atoms with Crippen molar-refractivity contribution in [2.75, 3.05) is 0 Å². The zero-order chi connectivity index (χ0) is 14.0. The van der Waals surface area contributed by atoms with Crippen LogP contribution in [0.4, 0.5) is 10.1 Å². The van der Waals surface area contributed by atoms with E-state index in [-0.39, 0.29) is 12.2 Å². The van der Waals surface area contributed by atoms with Crippen LogP contribution in [-0.2, 0) is 13.1 Å². The Bertz CT molecular complexity index is 675. The third-order valence-corrected chi connectivity index (χ3v) is 2.82. The molecule has 2 aromatic rings. The molecule has 1 aromatic heterocycles. The van der Waals surface area contributed by atoms with Gasteiger partial charge in [-0.05, 0) is 18.6 Å². The summed E-state index contributed by atoms with van der Waals surface area (Å²) >= 11 is 0. The third kappa shape index (κ3) is 2.54. The maximum atomic E-state index is 13.4. The Morgan fingerprint density at radius 2 is 2.00 bits per heavy atom. The van der Waals surface area contributed by atoms with Crippen molar-refractivity contribution in [2.45, 2.75) is 20.0 Å². The lowest BCUT2D eigenvalue weighted by molar-refractivity contribution is -0.387. The second-order valence-corrected chi connectivity index (χ2v) is 4.04. The van der Waals surface area contributed by atoms with Gasteiger partial charge in [0.25, 0.3) is 0 Å². The number of halogens is 1. The molecular weight excluding hydrogens is 253 g/mol. The van der Waals surface area contributed by atoms with E-state index in [0.29, 0.717) is 12.1 Å². The lowest BCUT2D eigenvalue weighted by atomic mass is 10.2. The quantitative estimate of drug-likeness (QED) is 0.624. The molecule has 2 rings (SSSR count). The van der Waals surface area contributed by atoms with Gasteiger partial charge in [0.15, 0.2) is 0 Å². The fraction of sp³-hybridized carbons (Fsp3) is 0.250. The number of aryl methyl sites for hydroxylation is 1. The molecular formula is C12H12FN3O3. The van der Waals surface area contributed by atoms with Crippen LogP contribution < -0.4 is 5.69 Å². The van der Waals surface area contributed by atoms with Crippen LogP contribution in [0.15, 0.2) is 35.4 Å². The first kappa shape index (κ1) is 13.0. The molecule has 0 spiro atoms. The summed E-state index contributed by atoms with van der Waals surface area (Å²) in [4.78, 5) is 21.5. The molecule has 0 amide bonds. The number of aromatic nitrogens is 2. The minimum absolute atomic E-state index is 0.181. The highest BCUT2D eigenvalue weighted by molar-refractivity contribution is 5.35. The zero-order valence-corrected chi connectivity index (χ0v) is 10.2. The van der Waals surface area contributed by atoms with Gasteiger partial charge in [0, 0.05) is 25.0 Å². The van der Waals surface area contributed by atoms with Crippen LogP contribution in [0.2, 0.25) is 0 Å². The number of nitro benzene ring substituents is 1. The fourth-order valence-electron chi connectivity index (χ4n) is 1.81. The van der Waals surface area contributed by atoms with Gasteiger partial charge in [-0.25, -0.2) is 4.79 Å². The molecule has 6 nitrogen and oxygen atoms in total. The molecule has 19 heavy (non-hydrogen) atoms. The summed E-state index contributed by atoms with van der Waals surface area (Å²) in [7, 11) is 0. The summed E-state index contributed by atoms with van der Waals surface area (Å²) in [5.74, 6) is -0.898. The first-order valence-electron chi connectivity index (χ1n) is 5.71. The first-order valence-corrected chi connectivity index (χ1v) is 5.71. The number of benzene rings is 1. The van der Waals surface area contributed by atoms with Crippen molar-refractivity contribution >= 4 is 5.69 Å². The van der Waals surface area contributed by atoms with E-state index in [1.165, 1.54) is 15.2 Å². The monoisotopic (exact) mass is 265 g/mol. The average molecular weight is 265 g/mol. The number of hydrogen-bond donors (Lipinski definition) is 0. The Morgan fingerprint density at radius 3 is 2.53 bits per heavy atom. The summed E-state index contributed by atoms with van der Waals surface area (Å²) in [5, 5.41) is 10.5. The molecule has 0 aliphatic heterocycles. The number of rotatable bonds is 4. The molecule has 0 radical (unpaired) electrons. The van der Waals surface area contributed by atoms with Crippen LogP contribution in [0, 0.1) is 15.9 Å². The van der Waals surface area contributed by atoms with Crippen LogP contribution in [0.1, 0.15) is 12.5 Å². The predicted molar refractivity (Wildman–Crippen MR) is 66.5 cm³/mol. The standard InChI is InChI=1S/C12H12FN3O3/c1-2-14-5-6-15(12(14)17)8-9-3-4-11(16(18)19)10(13)7-9/h3-7H,2,8H2,1H3. The van der Waals surface area contributed by atoms with Gasteiger partial charge in [0.2, 0.25) is 5.82 Å². The van der Waals surface area contributed by atoms with Crippen molar-refractivity contribution in [1.29, 1.82) is 0 Å². The van der Waals surface area contributed by atoms with Crippen LogP contribution >= 0.6 is 0 Å². The topological polar surface area (TPSA) is 70.1 Å². The van der Waals surface area contributed by atoms with Crippen molar-refractivity contribution < 1.29 is 9.31 Å². The lowest BCUT2D eigenvalue weighted by Crippen LogP contribution is -2.23. The summed E-state index contributed by atoms with van der Waals surface area (Å²) < 4.78 is 16.4. The molecule has 1 aromatic carbocycles. The van der Waals surface area contributed by atoms with E-state index in [9.17, 15) is 19.3 Å². The van der Waals surface area contributed by atoms with Gasteiger partial charge in [-0.15, -0.1) is 0 Å². The largest absolute Gasteiger partial charge is 0.328 e. The molecule has 0 fully saturated rings. The molecule has 7 heteroatoms. The van der Waals surface area contributed by atoms with E-state index in [0.717, 1.165) is 12.1 Å². The Balaban J connectivity index is 2.29. The van der Waals surface area contributed by atoms with Gasteiger partial charge >= 0.3 is 11.4 Å². The van der Waals surface area contributed by atoms with E-state index < -0.39 is 16.4 Å². The van der Waals surface area contributed by atoms with Gasteiger partial charge in [-0.1, -0.05) is 6.07 Å². The van der Waals surface area contributed by atoms with Gasteiger partial charge in [-0.2, -0.15) is 4.39 Å². The molecule has 1 heterocycles. The Morgan fingerprint density at radius 1 is 1.32 bits per heavy atom. The van der Waals surface area contributed by atoms with Gasteiger partial charge in [0.1, 0.15) is 0 Å². The molecule has 0 saturated carbocycles. The maximum Gasteiger partial charge on any atom is 0.328 e. The van der Waals surface area contributed by atoms with Crippen LogP contribution in [-0.4, -0.2) is 14.1 Å². The number of nitro groups is 1. The minimum Gasteiger partial charge on any atom is -0.300 e. The number of hydrogen-bond acceptors (Lipinski definition) is 3. The van der Waals surface area contributed by atoms with Gasteiger partial charge in [0.05, 0.1) is 11.5 Å². The van der Waals surface area contributed by atoms with Crippen molar-refractivity contribution in [3.8, 4) is 0 Å². The third-order valence-electron chi connectivity index (χ3n) is 2.82. The maximum absolute atomic E-state index is 13.4. The Labute approximate surface area is 107 Å². The molecule has 0 aliphatic carbocycles. The normalized spacial score (nSPS) is 10.6. The van der Waals surface area contributed by atoms with Crippen molar-refractivity contribution in [2.24, 2.45) is 0 Å². The van der Waals surface area contributed by atoms with E-state index in [2.05, 4.69) is 0 Å². The second-order valence-electron chi connectivity index (χ2n) is 4.04. The van der Waals surface area contributed by atoms with Crippen molar-refractivity contribution in [3.05, 3.63) is 62.6 Å². The summed E-state index contributed by atoms with van der Waals surface area (Å²) in [5.41, 5.74) is -0.262. The molecule has 0 aliphatic rings. The van der Waals surface area contributed by atoms with Crippen molar-refractivity contribution in [3.63, 3.8) is 0 Å². The molecule has 0 saturated heterocycles. The van der Waals surface area contributed by atoms with E-state index in [4.69, 9.17) is 0 Å². The molecule has 0 bridgehead atoms. The number of nitrogens with zero attached hydrogens (tertiary/aromatic N) is 3. The van der Waals surface area contributed by atoms with E-state index in [1.807, 2.05) is 6.92 Å². The smallest absolute Gasteiger partial charge is 0.300 e. The summed E-state index contributed by atoms with van der Waals surface area (Å²) in [6, 6.07) is 3.62.